The SMILES string of the molecule is C/C=C(\C)OCC(C)=O.CCCC(CCC)N(C)CC.CCCCN(CCC)C1CCOCC1.Cc1cc(C)c(O)c(Cl)c1.Cc1ccccc1NC=O. The molecule has 1 fully saturated rings. The minimum Gasteiger partial charge on any atom is -0.506 e. The number of unbranched alkanes of at least 4 members (excludes halogenated alkanes) is 1. The Morgan fingerprint density at radius 2 is 1.57 bits per heavy atom. The highest BCUT2D eigenvalue weighted by Gasteiger charge is 2.20. The van der Waals surface area contributed by atoms with Gasteiger partial charge in [-0.15, -0.1) is 0 Å². The number of Topliss-reactive ketones (excluding diaryl/α,β-unsaturated/α-hetero) is 1. The van der Waals surface area contributed by atoms with E-state index in [4.69, 9.17) is 21.1 Å². The van der Waals surface area contributed by atoms with Crippen molar-refractivity contribution < 1.29 is 24.2 Å². The van der Waals surface area contributed by atoms with Gasteiger partial charge >= 0.3 is 0 Å². The van der Waals surface area contributed by atoms with Crippen molar-refractivity contribution in [1.82, 2.24) is 9.80 Å². The Labute approximate surface area is 336 Å². The van der Waals surface area contributed by atoms with E-state index in [0.29, 0.717) is 11.4 Å². The molecular weight excluding hydrogens is 698 g/mol. The third kappa shape index (κ3) is 26.8. The van der Waals surface area contributed by atoms with Crippen LogP contribution in [0.1, 0.15) is 130 Å². The van der Waals surface area contributed by atoms with Gasteiger partial charge in [0.1, 0.15) is 12.4 Å². The van der Waals surface area contributed by atoms with Gasteiger partial charge in [0.2, 0.25) is 6.41 Å². The average Bonchev–Trinajstić information content (AvgIpc) is 3.16. The number of aryl methyl sites for hydroxylation is 3. The second kappa shape index (κ2) is 34.6. The van der Waals surface area contributed by atoms with Gasteiger partial charge in [-0.1, -0.05) is 89.7 Å². The number of aromatic hydroxyl groups is 1. The highest BCUT2D eigenvalue weighted by molar-refractivity contribution is 6.32. The number of carbonyl (C=O) groups is 2. The van der Waals surface area contributed by atoms with Gasteiger partial charge in [0.25, 0.3) is 0 Å². The van der Waals surface area contributed by atoms with Gasteiger partial charge in [0, 0.05) is 31.0 Å². The van der Waals surface area contributed by atoms with Crippen molar-refractivity contribution in [3.63, 3.8) is 0 Å². The maximum Gasteiger partial charge on any atom is 0.211 e. The molecule has 9 heteroatoms. The van der Waals surface area contributed by atoms with Crippen molar-refractivity contribution in [3.8, 4) is 5.75 Å². The van der Waals surface area contributed by atoms with Crippen LogP contribution in [0.4, 0.5) is 5.69 Å². The molecule has 54 heavy (non-hydrogen) atoms. The Balaban J connectivity index is 0. The summed E-state index contributed by atoms with van der Waals surface area (Å²) >= 11 is 5.67. The molecule has 0 aliphatic carbocycles. The Kier molecular flexibility index (Phi) is 34.1. The van der Waals surface area contributed by atoms with Gasteiger partial charge in [-0.2, -0.15) is 0 Å². The standard InChI is InChI=1S/C12H25NO.C10H23N.C8H9ClO.C8H9NO.C7H12O2/c1-3-5-9-13(8-4-2)12-6-10-14-11-7-12;1-5-8-10(9-6-2)11(4)7-3;1-5-3-6(2)8(10)7(9)4-5;1-7-4-2-3-5-8(7)9-6-10;1-4-7(3)9-5-6(2)8/h12H,3-11H2,1-2H3;10H,5-9H2,1-4H3;3-4,10H,1-2H3;2-6H,1H3,(H,9,10);4H,5H2,1-3H3/b;;;;7-4+. The van der Waals surface area contributed by atoms with E-state index in [1.807, 2.05) is 71.0 Å². The van der Waals surface area contributed by atoms with Gasteiger partial charge in [-0.3, -0.25) is 9.59 Å². The molecule has 1 aliphatic rings. The van der Waals surface area contributed by atoms with E-state index in [1.165, 1.54) is 84.3 Å². The first-order chi connectivity index (χ1) is 25.8. The van der Waals surface area contributed by atoms with Crippen LogP contribution in [0, 0.1) is 20.8 Å². The van der Waals surface area contributed by atoms with Crippen LogP contribution in [0.5, 0.6) is 5.75 Å². The molecule has 0 atom stereocenters. The van der Waals surface area contributed by atoms with Crippen molar-refractivity contribution in [2.24, 2.45) is 0 Å². The molecule has 310 valence electrons. The number of ether oxygens (including phenoxy) is 2. The van der Waals surface area contributed by atoms with E-state index in [2.05, 4.69) is 56.8 Å². The monoisotopic (exact) mass is 776 g/mol. The first kappa shape index (κ1) is 53.2. The number of nitrogens with one attached hydrogen (secondary N) is 1. The van der Waals surface area contributed by atoms with Crippen molar-refractivity contribution >= 4 is 29.5 Å². The zero-order valence-electron chi connectivity index (χ0n) is 36.2. The number of hydrogen-bond acceptors (Lipinski definition) is 7. The van der Waals surface area contributed by atoms with Crippen molar-refractivity contribution in [2.45, 2.75) is 146 Å². The van der Waals surface area contributed by atoms with Crippen molar-refractivity contribution in [3.05, 3.63) is 69.9 Å². The summed E-state index contributed by atoms with van der Waals surface area (Å²) in [6.07, 6.45) is 14.3. The third-order valence-corrected chi connectivity index (χ3v) is 9.34. The number of ketones is 1. The molecule has 0 bridgehead atoms. The van der Waals surface area contributed by atoms with Crippen LogP contribution in [0.15, 0.2) is 48.2 Å². The van der Waals surface area contributed by atoms with E-state index in [0.717, 1.165) is 53.4 Å². The highest BCUT2D eigenvalue weighted by atomic mass is 35.5. The fourth-order valence-corrected chi connectivity index (χ4v) is 6.01. The van der Waals surface area contributed by atoms with E-state index in [-0.39, 0.29) is 18.1 Å². The fraction of sp³-hybridized carbons (Fsp3) is 0.644. The lowest BCUT2D eigenvalue weighted by Gasteiger charge is -2.34. The summed E-state index contributed by atoms with van der Waals surface area (Å²) in [7, 11) is 2.23. The molecule has 0 saturated carbocycles. The second-order valence-electron chi connectivity index (χ2n) is 13.9. The van der Waals surface area contributed by atoms with Crippen molar-refractivity contribution in [2.75, 3.05) is 51.8 Å². The zero-order valence-corrected chi connectivity index (χ0v) is 37.0. The number of benzene rings is 2. The maximum atomic E-state index is 10.3. The average molecular weight is 777 g/mol. The minimum absolute atomic E-state index is 0.0520. The van der Waals surface area contributed by atoms with E-state index in [9.17, 15) is 14.7 Å². The van der Waals surface area contributed by atoms with Crippen LogP contribution in [-0.2, 0) is 19.1 Å². The Morgan fingerprint density at radius 1 is 0.963 bits per heavy atom. The maximum absolute atomic E-state index is 10.3. The number of amides is 1. The summed E-state index contributed by atoms with van der Waals surface area (Å²) in [6, 6.07) is 12.9. The number of anilines is 1. The van der Waals surface area contributed by atoms with Crippen LogP contribution < -0.4 is 5.32 Å². The van der Waals surface area contributed by atoms with Gasteiger partial charge in [0.05, 0.1) is 10.8 Å². The smallest absolute Gasteiger partial charge is 0.211 e. The van der Waals surface area contributed by atoms with E-state index < -0.39 is 0 Å². The second-order valence-corrected chi connectivity index (χ2v) is 14.3. The number of nitrogens with zero attached hydrogens (tertiary/aromatic N) is 2. The van der Waals surface area contributed by atoms with Crippen LogP contribution in [-0.4, -0.2) is 85.7 Å². The molecule has 0 radical (unpaired) electrons. The van der Waals surface area contributed by atoms with Gasteiger partial charge in [-0.25, -0.2) is 0 Å². The normalized spacial score (nSPS) is 12.6. The largest absolute Gasteiger partial charge is 0.506 e. The molecule has 0 unspecified atom stereocenters. The van der Waals surface area contributed by atoms with Gasteiger partial charge in [-0.05, 0) is 142 Å². The van der Waals surface area contributed by atoms with Crippen LogP contribution in [0.2, 0.25) is 5.02 Å². The zero-order chi connectivity index (χ0) is 41.3. The predicted molar refractivity (Wildman–Crippen MR) is 232 cm³/mol. The summed E-state index contributed by atoms with van der Waals surface area (Å²) in [5.74, 6) is 1.04. The summed E-state index contributed by atoms with van der Waals surface area (Å²) in [6.45, 7) is 28.1. The lowest BCUT2D eigenvalue weighted by atomic mass is 10.1. The number of carbonyl (C=O) groups excluding carboxylic acids is 2. The molecule has 2 aromatic carbocycles. The Morgan fingerprint density at radius 3 is 2.04 bits per heavy atom. The van der Waals surface area contributed by atoms with E-state index in [1.54, 1.807) is 6.07 Å². The van der Waals surface area contributed by atoms with Crippen LogP contribution >= 0.6 is 11.6 Å². The number of phenols is 1. The summed E-state index contributed by atoms with van der Waals surface area (Å²) in [5, 5.41) is 12.2. The first-order valence-electron chi connectivity index (χ1n) is 20.2. The number of phenolic OH excluding ortho intramolecular Hbond substituents is 1. The molecule has 8 nitrogen and oxygen atoms in total. The lowest BCUT2D eigenvalue weighted by Crippen LogP contribution is -2.40. The van der Waals surface area contributed by atoms with Crippen LogP contribution in [0.25, 0.3) is 0 Å². The summed E-state index contributed by atoms with van der Waals surface area (Å²) < 4.78 is 10.4. The molecule has 2 N–H and O–H groups in total. The topological polar surface area (TPSA) is 91.3 Å². The number of rotatable bonds is 17. The minimum atomic E-state index is 0.0520. The molecule has 2 aromatic rings. The van der Waals surface area contributed by atoms with Crippen molar-refractivity contribution in [1.29, 1.82) is 0 Å². The molecule has 0 spiro atoms. The molecule has 3 rings (SSSR count). The lowest BCUT2D eigenvalue weighted by molar-refractivity contribution is -0.120. The number of hydrogen-bond donors (Lipinski definition) is 2. The first-order valence-corrected chi connectivity index (χ1v) is 20.6. The van der Waals surface area contributed by atoms with Gasteiger partial charge < -0.3 is 29.7 Å². The molecule has 0 aromatic heterocycles. The number of allylic oxidation sites excluding steroid dienone is 2. The van der Waals surface area contributed by atoms with Gasteiger partial charge in [0.15, 0.2) is 5.78 Å². The third-order valence-electron chi connectivity index (χ3n) is 9.05. The molecule has 1 saturated heterocycles. The fourth-order valence-electron chi connectivity index (χ4n) is 5.69. The number of halogens is 1. The number of para-hydroxylation sites is 1. The molecule has 1 aliphatic heterocycles. The van der Waals surface area contributed by atoms with Crippen LogP contribution in [0.3, 0.4) is 0 Å². The van der Waals surface area contributed by atoms with E-state index >= 15 is 0 Å². The predicted octanol–water partition coefficient (Wildman–Crippen LogP) is 11.3. The Bertz CT molecular complexity index is 1240. The summed E-state index contributed by atoms with van der Waals surface area (Å²) in [5.41, 5.74) is 3.84. The molecular formula is C45H78ClN3O5. The Hall–Kier alpha value is -2.91. The highest BCUT2D eigenvalue weighted by Crippen LogP contribution is 2.27. The molecule has 1 amide bonds. The quantitative estimate of drug-likeness (QED) is 0.122. The summed E-state index contributed by atoms with van der Waals surface area (Å²) in [4.78, 5) is 25.5. The molecule has 1 heterocycles.